The highest BCUT2D eigenvalue weighted by molar-refractivity contribution is 6.60. The maximum atomic E-state index is 11.5. The summed E-state index contributed by atoms with van der Waals surface area (Å²) in [7, 11) is -1.15. The zero-order valence-electron chi connectivity index (χ0n) is 24.6. The zero-order chi connectivity index (χ0) is 27.9. The average Bonchev–Trinajstić information content (AvgIpc) is 2.91. The van der Waals surface area contributed by atoms with Crippen molar-refractivity contribution in [3.05, 3.63) is 29.8 Å². The van der Waals surface area contributed by atoms with E-state index in [0.717, 1.165) is 55.2 Å². The molecule has 1 aromatic rings. The van der Waals surface area contributed by atoms with E-state index in [-0.39, 0.29) is 5.97 Å². The molecule has 0 heterocycles. The molecule has 0 aliphatic rings. The molecule has 218 valence electrons. The van der Waals surface area contributed by atoms with Gasteiger partial charge in [0.25, 0.3) is 0 Å². The van der Waals surface area contributed by atoms with Gasteiger partial charge in [-0.1, -0.05) is 57.9 Å². The quantitative estimate of drug-likeness (QED) is 0.0566. The van der Waals surface area contributed by atoms with Gasteiger partial charge in [0.15, 0.2) is 11.5 Å². The minimum atomic E-state index is -2.52. The van der Waals surface area contributed by atoms with Gasteiger partial charge in [0.2, 0.25) is 0 Å². The number of ether oxygens (including phenoxy) is 3. The second-order valence-electron chi connectivity index (χ2n) is 9.17. The maximum absolute atomic E-state index is 11.5. The number of rotatable bonds is 24. The lowest BCUT2D eigenvalue weighted by Gasteiger charge is -2.28. The van der Waals surface area contributed by atoms with Crippen LogP contribution in [0.5, 0.6) is 11.5 Å². The second-order valence-corrected chi connectivity index (χ2v) is 11.9. The normalized spacial score (nSPS) is 11.7. The summed E-state index contributed by atoms with van der Waals surface area (Å²) in [6, 6.07) is 6.65. The van der Waals surface area contributed by atoms with Crippen LogP contribution in [0.15, 0.2) is 24.3 Å². The van der Waals surface area contributed by atoms with Gasteiger partial charge < -0.3 is 27.5 Å². The van der Waals surface area contributed by atoms with E-state index < -0.39 is 8.80 Å². The van der Waals surface area contributed by atoms with Crippen molar-refractivity contribution in [2.75, 3.05) is 40.1 Å². The summed E-state index contributed by atoms with van der Waals surface area (Å²) in [6.45, 7) is 11.4. The Morgan fingerprint density at radius 2 is 1.29 bits per heavy atom. The molecule has 0 amide bonds. The van der Waals surface area contributed by atoms with E-state index in [0.29, 0.717) is 33.0 Å². The van der Waals surface area contributed by atoms with Gasteiger partial charge in [-0.25, -0.2) is 4.79 Å². The van der Waals surface area contributed by atoms with Crippen LogP contribution in [-0.4, -0.2) is 54.9 Å². The van der Waals surface area contributed by atoms with Crippen molar-refractivity contribution in [2.24, 2.45) is 0 Å². The van der Waals surface area contributed by atoms with E-state index >= 15 is 0 Å². The Hall–Kier alpha value is -1.87. The zero-order valence-corrected chi connectivity index (χ0v) is 25.6. The van der Waals surface area contributed by atoms with Crippen molar-refractivity contribution >= 4 is 20.8 Å². The number of hydrogen-bond acceptors (Lipinski definition) is 7. The molecule has 0 spiro atoms. The number of carbonyl (C=O) groups excluding carboxylic acids is 1. The molecule has 1 aromatic carbocycles. The molecule has 0 radical (unpaired) electrons. The van der Waals surface area contributed by atoms with Crippen molar-refractivity contribution < 1.29 is 32.3 Å². The molecule has 38 heavy (non-hydrogen) atoms. The molecule has 0 bridgehead atoms. The number of benzene rings is 1. The minimum Gasteiger partial charge on any atom is -0.490 e. The topological polar surface area (TPSA) is 72.5 Å². The second kappa shape index (κ2) is 22.0. The molecular formula is C30H52O7Si. The summed E-state index contributed by atoms with van der Waals surface area (Å²) in [5.74, 6) is 1.09. The fourth-order valence-corrected chi connectivity index (χ4v) is 6.82. The Balaban J connectivity index is 2.47. The molecule has 0 saturated carbocycles. The van der Waals surface area contributed by atoms with Gasteiger partial charge in [-0.2, -0.15) is 0 Å². The predicted molar refractivity (Wildman–Crippen MR) is 156 cm³/mol. The predicted octanol–water partition coefficient (Wildman–Crippen LogP) is 7.60. The van der Waals surface area contributed by atoms with E-state index in [4.69, 9.17) is 22.8 Å². The molecule has 0 fully saturated rings. The molecule has 0 aliphatic carbocycles. The van der Waals surface area contributed by atoms with Crippen LogP contribution in [0, 0.1) is 0 Å². The summed E-state index contributed by atoms with van der Waals surface area (Å²) in [6.07, 6.45) is 14.4. The average molecular weight is 553 g/mol. The van der Waals surface area contributed by atoms with Gasteiger partial charge in [0.1, 0.15) is 0 Å². The van der Waals surface area contributed by atoms with E-state index in [9.17, 15) is 4.79 Å². The molecule has 0 saturated heterocycles. The van der Waals surface area contributed by atoms with Crippen LogP contribution >= 0.6 is 0 Å². The Morgan fingerprint density at radius 3 is 1.87 bits per heavy atom. The monoisotopic (exact) mass is 552 g/mol. The standard InChI is InChI=1S/C30H52O7Si/c1-6-10-11-16-23-33-28-21-19-27(20-22-30(31)32-5)26-29(28)34-24-17-14-12-13-15-18-25-38(35-7-2,36-8-3)37-9-4/h19-22,26H,6-18,23-25H2,1-5H3. The molecule has 0 unspecified atom stereocenters. The van der Waals surface area contributed by atoms with Crippen molar-refractivity contribution in [3.63, 3.8) is 0 Å². The molecule has 0 aromatic heterocycles. The minimum absolute atomic E-state index is 0.384. The first-order valence-electron chi connectivity index (χ1n) is 14.6. The summed E-state index contributed by atoms with van der Waals surface area (Å²) < 4.78 is 34.7. The Bertz CT molecular complexity index is 752. The SMILES string of the molecule is CCCCCCOc1ccc(C=CC(=O)OC)cc1OCCCCCCCC[Si](OCC)(OCC)OCC. The number of carbonyl (C=O) groups is 1. The first kappa shape index (κ1) is 34.2. The number of hydrogen-bond donors (Lipinski definition) is 0. The molecule has 1 rings (SSSR count). The van der Waals surface area contributed by atoms with Crippen LogP contribution in [0.4, 0.5) is 0 Å². The van der Waals surface area contributed by atoms with E-state index in [1.54, 1.807) is 6.08 Å². The van der Waals surface area contributed by atoms with Crippen LogP contribution in [0.3, 0.4) is 0 Å². The van der Waals surface area contributed by atoms with Crippen molar-refractivity contribution in [1.29, 1.82) is 0 Å². The fraction of sp³-hybridized carbons (Fsp3) is 0.700. The van der Waals surface area contributed by atoms with Gasteiger partial charge in [0.05, 0.1) is 20.3 Å². The highest BCUT2D eigenvalue weighted by Crippen LogP contribution is 2.30. The lowest BCUT2D eigenvalue weighted by Crippen LogP contribution is -2.45. The third kappa shape index (κ3) is 14.9. The number of methoxy groups -OCH3 is 1. The van der Waals surface area contributed by atoms with E-state index in [2.05, 4.69) is 11.7 Å². The first-order chi connectivity index (χ1) is 18.5. The van der Waals surface area contributed by atoms with Crippen LogP contribution in [0.1, 0.15) is 97.5 Å². The summed E-state index contributed by atoms with van der Waals surface area (Å²) in [4.78, 5) is 11.5. The van der Waals surface area contributed by atoms with E-state index in [1.807, 2.05) is 39.0 Å². The van der Waals surface area contributed by atoms with Crippen LogP contribution in [0.2, 0.25) is 6.04 Å². The van der Waals surface area contributed by atoms with Gasteiger partial charge >= 0.3 is 14.8 Å². The molecule has 0 N–H and O–H groups in total. The molecule has 0 aliphatic heterocycles. The smallest absolute Gasteiger partial charge is 0.490 e. The first-order valence-corrected chi connectivity index (χ1v) is 16.5. The van der Waals surface area contributed by atoms with E-state index in [1.165, 1.54) is 45.3 Å². The third-order valence-electron chi connectivity index (χ3n) is 6.06. The molecule has 8 heteroatoms. The molecule has 0 atom stereocenters. The van der Waals surface area contributed by atoms with Gasteiger partial charge in [0, 0.05) is 31.9 Å². The van der Waals surface area contributed by atoms with Crippen LogP contribution in [-0.2, 0) is 22.8 Å². The van der Waals surface area contributed by atoms with Crippen molar-refractivity contribution in [2.45, 2.75) is 97.9 Å². The van der Waals surface area contributed by atoms with Crippen LogP contribution in [0.25, 0.3) is 6.08 Å². The Morgan fingerprint density at radius 1 is 0.737 bits per heavy atom. The van der Waals surface area contributed by atoms with Crippen molar-refractivity contribution in [1.82, 2.24) is 0 Å². The number of unbranched alkanes of at least 4 members (excludes halogenated alkanes) is 8. The lowest BCUT2D eigenvalue weighted by molar-refractivity contribution is -0.134. The van der Waals surface area contributed by atoms with Gasteiger partial charge in [-0.05, 0) is 63.8 Å². The Labute approximate surface area is 232 Å². The summed E-state index contributed by atoms with van der Waals surface area (Å²) in [5.41, 5.74) is 0.870. The highest BCUT2D eigenvalue weighted by atomic mass is 28.4. The third-order valence-corrected chi connectivity index (χ3v) is 9.22. The summed E-state index contributed by atoms with van der Waals surface area (Å²) >= 11 is 0. The fourth-order valence-electron chi connectivity index (χ4n) is 4.14. The van der Waals surface area contributed by atoms with Gasteiger partial charge in [-0.3, -0.25) is 0 Å². The highest BCUT2D eigenvalue weighted by Gasteiger charge is 2.39. The lowest BCUT2D eigenvalue weighted by atomic mass is 10.1. The molecular weight excluding hydrogens is 500 g/mol. The Kier molecular flexibility index (Phi) is 19.8. The number of esters is 1. The van der Waals surface area contributed by atoms with Crippen LogP contribution < -0.4 is 9.47 Å². The summed E-state index contributed by atoms with van der Waals surface area (Å²) in [5, 5.41) is 0. The largest absolute Gasteiger partial charge is 0.500 e. The molecule has 7 nitrogen and oxygen atoms in total. The maximum Gasteiger partial charge on any atom is 0.500 e. The van der Waals surface area contributed by atoms with Crippen molar-refractivity contribution in [3.8, 4) is 11.5 Å². The van der Waals surface area contributed by atoms with Gasteiger partial charge in [-0.15, -0.1) is 0 Å².